The summed E-state index contributed by atoms with van der Waals surface area (Å²) in [6, 6.07) is -0.872. The Hall–Kier alpha value is -2.58. The fourth-order valence-corrected chi connectivity index (χ4v) is 8.76. The number of hydrogen-bond acceptors (Lipinski definition) is 5. The van der Waals surface area contributed by atoms with Crippen LogP contribution in [0.15, 0.2) is 97.2 Å². The number of carbonyl (C=O) groups is 1. The maximum Gasteiger partial charge on any atom is 0.472 e. The van der Waals surface area contributed by atoms with Gasteiger partial charge in [-0.2, -0.15) is 0 Å². The maximum absolute atomic E-state index is 13.0. The number of aliphatic hydroxyl groups excluding tert-OH is 1. The van der Waals surface area contributed by atoms with Crippen molar-refractivity contribution in [3.63, 3.8) is 0 Å². The quantitative estimate of drug-likeness (QED) is 0.0243. The van der Waals surface area contributed by atoms with E-state index in [0.717, 1.165) is 89.9 Å². The molecule has 0 fully saturated rings. The summed E-state index contributed by atoms with van der Waals surface area (Å²) in [5, 5.41) is 13.9. The molecule has 0 bridgehead atoms. The lowest BCUT2D eigenvalue weighted by Gasteiger charge is -2.25. The molecular weight excluding hydrogens is 900 g/mol. The van der Waals surface area contributed by atoms with Gasteiger partial charge in [-0.05, 0) is 77.0 Å². The average Bonchev–Trinajstić information content (AvgIpc) is 3.33. The third-order valence-electron chi connectivity index (χ3n) is 12.6. The highest BCUT2D eigenvalue weighted by Gasteiger charge is 2.27. The monoisotopic (exact) mass is 1010 g/mol. The molecule has 3 unspecified atom stereocenters. The molecular formula is C62H112N2O6P+. The number of rotatable bonds is 52. The summed E-state index contributed by atoms with van der Waals surface area (Å²) in [6.45, 7) is 4.68. The summed E-state index contributed by atoms with van der Waals surface area (Å²) in [6.07, 6.45) is 75.1. The van der Waals surface area contributed by atoms with Crippen LogP contribution in [-0.2, 0) is 18.4 Å². The molecule has 0 spiro atoms. The van der Waals surface area contributed by atoms with Gasteiger partial charge in [0.2, 0.25) is 5.91 Å². The van der Waals surface area contributed by atoms with Crippen LogP contribution in [0.2, 0.25) is 0 Å². The van der Waals surface area contributed by atoms with E-state index in [0.29, 0.717) is 17.4 Å². The fraction of sp³-hybridized carbons (Fsp3) is 0.726. The van der Waals surface area contributed by atoms with E-state index in [1.54, 1.807) is 6.08 Å². The van der Waals surface area contributed by atoms with Crippen LogP contribution in [0.3, 0.4) is 0 Å². The van der Waals surface area contributed by atoms with Crippen LogP contribution >= 0.6 is 7.82 Å². The predicted octanol–water partition coefficient (Wildman–Crippen LogP) is 17.8. The molecule has 3 N–H and O–H groups in total. The highest BCUT2D eigenvalue weighted by atomic mass is 31.2. The number of carbonyl (C=O) groups excluding carboxylic acids is 1. The molecule has 8 nitrogen and oxygen atoms in total. The number of amides is 1. The van der Waals surface area contributed by atoms with Gasteiger partial charge in [0.05, 0.1) is 39.9 Å². The zero-order chi connectivity index (χ0) is 52.0. The van der Waals surface area contributed by atoms with Crippen LogP contribution < -0.4 is 5.32 Å². The van der Waals surface area contributed by atoms with Crippen molar-refractivity contribution >= 4 is 13.7 Å². The lowest BCUT2D eigenvalue weighted by molar-refractivity contribution is -0.870. The highest BCUT2D eigenvalue weighted by Crippen LogP contribution is 2.43. The Morgan fingerprint density at radius 3 is 1.24 bits per heavy atom. The predicted molar refractivity (Wildman–Crippen MR) is 309 cm³/mol. The number of quaternary nitrogens is 1. The molecule has 0 aromatic heterocycles. The average molecular weight is 1010 g/mol. The number of allylic oxidation sites excluding steroid dienone is 15. The van der Waals surface area contributed by atoms with Crippen molar-refractivity contribution in [1.82, 2.24) is 5.32 Å². The number of hydrogen-bond donors (Lipinski definition) is 3. The van der Waals surface area contributed by atoms with Crippen molar-refractivity contribution in [1.29, 1.82) is 0 Å². The van der Waals surface area contributed by atoms with Gasteiger partial charge in [0.15, 0.2) is 0 Å². The van der Waals surface area contributed by atoms with Crippen molar-refractivity contribution in [3.8, 4) is 0 Å². The Labute approximate surface area is 439 Å². The van der Waals surface area contributed by atoms with Gasteiger partial charge in [-0.1, -0.05) is 252 Å². The summed E-state index contributed by atoms with van der Waals surface area (Å²) >= 11 is 0. The van der Waals surface area contributed by atoms with Crippen LogP contribution in [0.25, 0.3) is 0 Å². The number of phosphoric acid groups is 1. The molecule has 410 valence electrons. The van der Waals surface area contributed by atoms with Gasteiger partial charge in [-0.3, -0.25) is 13.8 Å². The van der Waals surface area contributed by atoms with E-state index < -0.39 is 20.0 Å². The van der Waals surface area contributed by atoms with E-state index in [4.69, 9.17) is 9.05 Å². The maximum atomic E-state index is 13.0. The first-order chi connectivity index (χ1) is 34.5. The Morgan fingerprint density at radius 1 is 0.493 bits per heavy atom. The van der Waals surface area contributed by atoms with Gasteiger partial charge in [0.1, 0.15) is 13.2 Å². The van der Waals surface area contributed by atoms with E-state index in [-0.39, 0.29) is 19.1 Å². The third-order valence-corrected chi connectivity index (χ3v) is 13.5. The van der Waals surface area contributed by atoms with Crippen molar-refractivity contribution in [2.24, 2.45) is 0 Å². The summed E-state index contributed by atoms with van der Waals surface area (Å²) in [5.41, 5.74) is 0. The second kappa shape index (κ2) is 52.3. The molecule has 0 aliphatic carbocycles. The van der Waals surface area contributed by atoms with Crippen molar-refractivity contribution in [3.05, 3.63) is 97.2 Å². The van der Waals surface area contributed by atoms with E-state index >= 15 is 0 Å². The minimum Gasteiger partial charge on any atom is -0.387 e. The molecule has 0 aliphatic heterocycles. The summed E-state index contributed by atoms with van der Waals surface area (Å²) in [7, 11) is 1.54. The van der Waals surface area contributed by atoms with Crippen LogP contribution in [0, 0.1) is 0 Å². The minimum absolute atomic E-state index is 0.0496. The number of unbranched alkanes of at least 4 members (excludes halogenated alkanes) is 25. The van der Waals surface area contributed by atoms with Crippen LogP contribution in [0.5, 0.6) is 0 Å². The van der Waals surface area contributed by atoms with Gasteiger partial charge in [-0.25, -0.2) is 4.57 Å². The van der Waals surface area contributed by atoms with E-state index in [9.17, 15) is 19.4 Å². The molecule has 0 aliphatic rings. The molecule has 3 atom stereocenters. The van der Waals surface area contributed by atoms with E-state index in [2.05, 4.69) is 104 Å². The normalized spacial score (nSPS) is 14.6. The molecule has 1 amide bonds. The smallest absolute Gasteiger partial charge is 0.387 e. The number of nitrogens with one attached hydrogen (secondary N) is 1. The first-order valence-electron chi connectivity index (χ1n) is 29.1. The Bertz CT molecular complexity index is 1470. The van der Waals surface area contributed by atoms with Crippen molar-refractivity contribution in [2.45, 2.75) is 251 Å². The molecule has 71 heavy (non-hydrogen) atoms. The Balaban J connectivity index is 4.33. The molecule has 0 saturated heterocycles. The fourth-order valence-electron chi connectivity index (χ4n) is 8.02. The molecule has 0 radical (unpaired) electrons. The molecule has 0 rings (SSSR count). The lowest BCUT2D eigenvalue weighted by Crippen LogP contribution is -2.45. The van der Waals surface area contributed by atoms with Gasteiger partial charge in [0, 0.05) is 6.42 Å². The van der Waals surface area contributed by atoms with Crippen molar-refractivity contribution in [2.75, 3.05) is 40.9 Å². The van der Waals surface area contributed by atoms with Gasteiger partial charge in [0.25, 0.3) is 0 Å². The van der Waals surface area contributed by atoms with Gasteiger partial charge in [-0.15, -0.1) is 0 Å². The SMILES string of the molecule is CC/C=C\C/C=C\C/C=C\C/C=C\C/C=C\C/C=C\C/C=C\CCCCCC(=O)NC(COP(=O)(O)OCC[N+](C)(C)C)C(O)/C=C/CCCCCCCCCCCCCCCCCCCCCCCC. The summed E-state index contributed by atoms with van der Waals surface area (Å²) in [5.74, 6) is -0.211. The zero-order valence-electron chi connectivity index (χ0n) is 46.7. The van der Waals surface area contributed by atoms with Crippen LogP contribution in [-0.4, -0.2) is 73.4 Å². The van der Waals surface area contributed by atoms with Gasteiger partial charge >= 0.3 is 7.82 Å². The standard InChI is InChI=1S/C62H111N2O6P/c1-6-8-10-12-14-16-18-20-22-24-26-28-30-32-34-36-38-40-42-44-46-48-50-52-54-56-62(66)63-60(59-70-71(67,68)69-58-57-64(3,4)5)61(65)55-53-51-49-47-45-43-41-39-37-35-33-31-29-27-25-23-21-19-17-15-13-11-9-7-2/h8,10,14,16,20,22,26,28,32,34,38,40,44,46,53,55,60-61,65H,6-7,9,11-13,15,17-19,21,23-25,27,29-31,33,35-37,39,41-43,45,47-52,54,56-59H2,1-5H3,(H-,63,66,67,68)/p+1/b10-8-,16-14-,22-20-,28-26-,34-32-,40-38-,46-44-,55-53+. The Morgan fingerprint density at radius 2 is 0.845 bits per heavy atom. The second-order valence-electron chi connectivity index (χ2n) is 20.6. The third kappa shape index (κ3) is 55.0. The highest BCUT2D eigenvalue weighted by molar-refractivity contribution is 7.47. The number of aliphatic hydroxyl groups is 1. The second-order valence-corrected chi connectivity index (χ2v) is 22.1. The summed E-state index contributed by atoms with van der Waals surface area (Å²) in [4.78, 5) is 23.3. The first-order valence-corrected chi connectivity index (χ1v) is 30.6. The van der Waals surface area contributed by atoms with Crippen molar-refractivity contribution < 1.29 is 32.9 Å². The van der Waals surface area contributed by atoms with Gasteiger partial charge < -0.3 is 19.8 Å². The zero-order valence-corrected chi connectivity index (χ0v) is 47.6. The lowest BCUT2D eigenvalue weighted by atomic mass is 10.0. The largest absolute Gasteiger partial charge is 0.472 e. The van der Waals surface area contributed by atoms with E-state index in [1.165, 1.54) is 128 Å². The number of phosphoric ester groups is 1. The van der Waals surface area contributed by atoms with Crippen LogP contribution in [0.4, 0.5) is 0 Å². The topological polar surface area (TPSA) is 105 Å². The number of nitrogens with zero attached hydrogens (tertiary/aromatic N) is 1. The number of likely N-dealkylation sites (N-methyl/N-ethyl adjacent to an activating group) is 1. The van der Waals surface area contributed by atoms with E-state index in [1.807, 2.05) is 27.2 Å². The molecule has 0 heterocycles. The summed E-state index contributed by atoms with van der Waals surface area (Å²) < 4.78 is 23.7. The van der Waals surface area contributed by atoms with Crippen LogP contribution in [0.1, 0.15) is 239 Å². The molecule has 0 saturated carbocycles. The Kier molecular flexibility index (Phi) is 50.4. The first kappa shape index (κ1) is 68.4. The molecule has 9 heteroatoms. The molecule has 0 aromatic carbocycles. The minimum atomic E-state index is -4.37. The molecule has 0 aromatic rings.